The van der Waals surface area contributed by atoms with Crippen molar-refractivity contribution in [2.75, 3.05) is 5.75 Å². The molecule has 1 aliphatic carbocycles. The van der Waals surface area contributed by atoms with Crippen LogP contribution in [0.15, 0.2) is 17.5 Å². The first-order chi connectivity index (χ1) is 9.54. The van der Waals surface area contributed by atoms with Gasteiger partial charge in [0.25, 0.3) is 0 Å². The maximum Gasteiger partial charge on any atom is 0.310 e. The van der Waals surface area contributed by atoms with Crippen molar-refractivity contribution in [3.8, 4) is 0 Å². The van der Waals surface area contributed by atoms with Crippen molar-refractivity contribution in [1.82, 2.24) is 10.3 Å². The number of hydrogen-bond donors (Lipinski definition) is 2. The normalized spacial score (nSPS) is 21.1. The van der Waals surface area contributed by atoms with E-state index >= 15 is 0 Å². The van der Waals surface area contributed by atoms with Crippen molar-refractivity contribution in [2.45, 2.75) is 25.1 Å². The fourth-order valence-electron chi connectivity index (χ4n) is 1.96. The summed E-state index contributed by atoms with van der Waals surface area (Å²) < 4.78 is 0. The van der Waals surface area contributed by atoms with Crippen LogP contribution in [0.4, 0.5) is 0 Å². The van der Waals surface area contributed by atoms with Crippen LogP contribution in [0.1, 0.15) is 17.1 Å². The predicted octanol–water partition coefficient (Wildman–Crippen LogP) is 1.83. The topological polar surface area (TPSA) is 79.3 Å². The summed E-state index contributed by atoms with van der Waals surface area (Å²) in [5.74, 6) is -0.311. The van der Waals surface area contributed by atoms with E-state index in [9.17, 15) is 9.59 Å². The number of hydrogen-bond acceptors (Lipinski definition) is 5. The molecule has 1 aliphatic rings. The Labute approximate surface area is 125 Å². The fourth-order valence-corrected chi connectivity index (χ4v) is 3.41. The number of rotatable bonds is 6. The SMILES string of the molecule is Cc1nc(CSCC(=O)NC2C=CC(C(=O)O)C2)cs1. The van der Waals surface area contributed by atoms with E-state index in [0.29, 0.717) is 12.2 Å². The molecule has 7 heteroatoms. The average Bonchev–Trinajstić information content (AvgIpc) is 2.99. The molecule has 2 unspecified atom stereocenters. The highest BCUT2D eigenvalue weighted by atomic mass is 32.2. The highest BCUT2D eigenvalue weighted by molar-refractivity contribution is 7.99. The van der Waals surface area contributed by atoms with Crippen LogP contribution in [0.5, 0.6) is 0 Å². The molecule has 20 heavy (non-hydrogen) atoms. The molecule has 0 aliphatic heterocycles. The fraction of sp³-hybridized carbons (Fsp3) is 0.462. The molecular weight excluding hydrogens is 296 g/mol. The number of nitrogens with one attached hydrogen (secondary N) is 1. The number of carbonyl (C=O) groups is 2. The van der Waals surface area contributed by atoms with E-state index < -0.39 is 11.9 Å². The van der Waals surface area contributed by atoms with Gasteiger partial charge in [-0.1, -0.05) is 12.2 Å². The molecule has 0 radical (unpaired) electrons. The molecular formula is C13H16N2O3S2. The number of nitrogens with zero attached hydrogens (tertiary/aromatic N) is 1. The van der Waals surface area contributed by atoms with Gasteiger partial charge in [0.15, 0.2) is 0 Å². The average molecular weight is 312 g/mol. The van der Waals surface area contributed by atoms with Gasteiger partial charge in [0, 0.05) is 17.2 Å². The summed E-state index contributed by atoms with van der Waals surface area (Å²) in [7, 11) is 0. The zero-order valence-electron chi connectivity index (χ0n) is 11.0. The quantitative estimate of drug-likeness (QED) is 0.784. The second-order valence-corrected chi connectivity index (χ2v) is 6.64. The summed E-state index contributed by atoms with van der Waals surface area (Å²) in [6, 6.07) is -0.161. The lowest BCUT2D eigenvalue weighted by atomic mass is 10.1. The third-order valence-corrected chi connectivity index (χ3v) is 4.69. The minimum absolute atomic E-state index is 0.0670. The lowest BCUT2D eigenvalue weighted by Gasteiger charge is -2.11. The summed E-state index contributed by atoms with van der Waals surface area (Å²) in [6.07, 6.45) is 3.83. The van der Waals surface area contributed by atoms with E-state index in [-0.39, 0.29) is 11.9 Å². The largest absolute Gasteiger partial charge is 0.481 e. The van der Waals surface area contributed by atoms with Gasteiger partial charge >= 0.3 is 5.97 Å². The minimum atomic E-state index is -0.841. The van der Waals surface area contributed by atoms with Crippen LogP contribution in [0, 0.1) is 12.8 Å². The van der Waals surface area contributed by atoms with Gasteiger partial charge in [-0.25, -0.2) is 4.98 Å². The maximum atomic E-state index is 11.7. The molecule has 0 aromatic carbocycles. The van der Waals surface area contributed by atoms with E-state index in [2.05, 4.69) is 10.3 Å². The van der Waals surface area contributed by atoms with Crippen molar-refractivity contribution in [3.05, 3.63) is 28.2 Å². The van der Waals surface area contributed by atoms with Gasteiger partial charge in [-0.15, -0.1) is 23.1 Å². The number of aromatic nitrogens is 1. The molecule has 1 aromatic heterocycles. The van der Waals surface area contributed by atoms with E-state index in [1.807, 2.05) is 12.3 Å². The van der Waals surface area contributed by atoms with E-state index in [4.69, 9.17) is 5.11 Å². The second-order valence-electron chi connectivity index (χ2n) is 4.59. The van der Waals surface area contributed by atoms with Crippen molar-refractivity contribution in [2.24, 2.45) is 5.92 Å². The minimum Gasteiger partial charge on any atom is -0.481 e. The molecule has 1 aromatic rings. The first-order valence-electron chi connectivity index (χ1n) is 6.24. The molecule has 0 saturated carbocycles. The summed E-state index contributed by atoms with van der Waals surface area (Å²) in [4.78, 5) is 26.9. The highest BCUT2D eigenvalue weighted by Gasteiger charge is 2.25. The van der Waals surface area contributed by atoms with Crippen molar-refractivity contribution in [3.63, 3.8) is 0 Å². The smallest absolute Gasteiger partial charge is 0.310 e. The molecule has 2 rings (SSSR count). The lowest BCUT2D eigenvalue weighted by molar-refractivity contribution is -0.140. The van der Waals surface area contributed by atoms with Gasteiger partial charge in [-0.3, -0.25) is 9.59 Å². The Morgan fingerprint density at radius 1 is 1.55 bits per heavy atom. The molecule has 0 bridgehead atoms. The first-order valence-corrected chi connectivity index (χ1v) is 8.27. The lowest BCUT2D eigenvalue weighted by Crippen LogP contribution is -2.34. The number of carboxylic acids is 1. The zero-order chi connectivity index (χ0) is 14.5. The third-order valence-electron chi connectivity index (χ3n) is 2.90. The van der Waals surface area contributed by atoms with Gasteiger partial charge in [-0.05, 0) is 13.3 Å². The van der Waals surface area contributed by atoms with Gasteiger partial charge in [0.05, 0.1) is 22.4 Å². The second kappa shape index (κ2) is 6.90. The Hall–Kier alpha value is -1.34. The maximum absolute atomic E-state index is 11.7. The standard InChI is InChI=1S/C13H16N2O3S2/c1-8-14-11(6-20-8)5-19-7-12(16)15-10-3-2-9(4-10)13(17)18/h2-3,6,9-10H,4-5,7H2,1H3,(H,15,16)(H,17,18). The van der Waals surface area contributed by atoms with Gasteiger partial charge < -0.3 is 10.4 Å². The van der Waals surface area contributed by atoms with Crippen molar-refractivity contribution >= 4 is 35.0 Å². The molecule has 0 saturated heterocycles. The van der Waals surface area contributed by atoms with Gasteiger partial charge in [0.1, 0.15) is 0 Å². The summed E-state index contributed by atoms with van der Waals surface area (Å²) in [5.41, 5.74) is 0.997. The summed E-state index contributed by atoms with van der Waals surface area (Å²) >= 11 is 3.11. The van der Waals surface area contributed by atoms with E-state index in [1.54, 1.807) is 23.5 Å². The summed E-state index contributed by atoms with van der Waals surface area (Å²) in [6.45, 7) is 1.96. The van der Waals surface area contributed by atoms with E-state index in [0.717, 1.165) is 16.5 Å². The van der Waals surface area contributed by atoms with Crippen LogP contribution in [-0.2, 0) is 15.3 Å². The van der Waals surface area contributed by atoms with Crippen LogP contribution >= 0.6 is 23.1 Å². The summed E-state index contributed by atoms with van der Waals surface area (Å²) in [5, 5.41) is 14.7. The number of thioether (sulfide) groups is 1. The number of amides is 1. The van der Waals surface area contributed by atoms with Crippen LogP contribution in [0.3, 0.4) is 0 Å². The van der Waals surface area contributed by atoms with Crippen LogP contribution in [-0.4, -0.2) is 33.8 Å². The van der Waals surface area contributed by atoms with Crippen LogP contribution < -0.4 is 5.32 Å². The Bertz CT molecular complexity index is 527. The molecule has 5 nitrogen and oxygen atoms in total. The van der Waals surface area contributed by atoms with Crippen molar-refractivity contribution in [1.29, 1.82) is 0 Å². The van der Waals surface area contributed by atoms with E-state index in [1.165, 1.54) is 11.8 Å². The monoisotopic (exact) mass is 312 g/mol. The Balaban J connectivity index is 1.66. The first kappa shape index (κ1) is 15.1. The number of aliphatic carboxylic acids is 1. The van der Waals surface area contributed by atoms with Gasteiger partial charge in [-0.2, -0.15) is 0 Å². The van der Waals surface area contributed by atoms with Crippen LogP contribution in [0.25, 0.3) is 0 Å². The van der Waals surface area contributed by atoms with Crippen molar-refractivity contribution < 1.29 is 14.7 Å². The third kappa shape index (κ3) is 4.35. The highest BCUT2D eigenvalue weighted by Crippen LogP contribution is 2.18. The number of carbonyl (C=O) groups excluding carboxylic acids is 1. The Morgan fingerprint density at radius 2 is 2.35 bits per heavy atom. The number of thiazole rings is 1. The zero-order valence-corrected chi connectivity index (χ0v) is 12.7. The van der Waals surface area contributed by atoms with Crippen LogP contribution in [0.2, 0.25) is 0 Å². The molecule has 0 spiro atoms. The molecule has 2 N–H and O–H groups in total. The predicted molar refractivity (Wildman–Crippen MR) is 79.8 cm³/mol. The molecule has 108 valence electrons. The molecule has 1 amide bonds. The molecule has 0 fully saturated rings. The molecule has 2 atom stereocenters. The number of carboxylic acid groups (broad SMARTS) is 1. The Morgan fingerprint density at radius 3 is 2.95 bits per heavy atom. The number of aryl methyl sites for hydroxylation is 1. The Kier molecular flexibility index (Phi) is 5.19. The molecule has 1 heterocycles. The van der Waals surface area contributed by atoms with Gasteiger partial charge in [0.2, 0.25) is 5.91 Å².